The first kappa shape index (κ1) is 28.4. The summed E-state index contributed by atoms with van der Waals surface area (Å²) in [4.78, 5) is 40.9. The Morgan fingerprint density at radius 1 is 0.951 bits per heavy atom. The Labute approximate surface area is 239 Å². The minimum absolute atomic E-state index is 0.00528. The molecule has 1 heterocycles. The van der Waals surface area contributed by atoms with E-state index in [0.29, 0.717) is 58.4 Å². The molecule has 41 heavy (non-hydrogen) atoms. The fraction of sp³-hybridized carbons (Fsp3) is 0.382. The highest BCUT2D eigenvalue weighted by Crippen LogP contribution is 2.38. The van der Waals surface area contributed by atoms with Gasteiger partial charge in [0.25, 0.3) is 0 Å². The molecule has 0 saturated heterocycles. The Hall–Kier alpha value is -4.13. The maximum absolute atomic E-state index is 13.8. The number of aryl methyl sites for hydroxylation is 1. The van der Waals surface area contributed by atoms with Gasteiger partial charge >= 0.3 is 5.97 Å². The Kier molecular flexibility index (Phi) is 8.15. The van der Waals surface area contributed by atoms with E-state index in [9.17, 15) is 24.6 Å². The van der Waals surface area contributed by atoms with Crippen molar-refractivity contribution in [3.63, 3.8) is 0 Å². The van der Waals surface area contributed by atoms with Crippen LogP contribution in [0.4, 0.5) is 5.69 Å². The predicted molar refractivity (Wildman–Crippen MR) is 160 cm³/mol. The normalized spacial score (nSPS) is 17.3. The third-order valence-corrected chi connectivity index (χ3v) is 8.30. The van der Waals surface area contributed by atoms with Crippen molar-refractivity contribution in [3.8, 4) is 5.75 Å². The van der Waals surface area contributed by atoms with Gasteiger partial charge in [0.2, 0.25) is 5.91 Å². The molecular weight excluding hydrogens is 518 g/mol. The topological polar surface area (TPSA) is 108 Å². The van der Waals surface area contributed by atoms with Gasteiger partial charge in [-0.25, -0.2) is 4.79 Å². The largest absolute Gasteiger partial charge is 0.508 e. The molecule has 1 fully saturated rings. The average molecular weight is 556 g/mol. The zero-order valence-corrected chi connectivity index (χ0v) is 23.9. The minimum Gasteiger partial charge on any atom is -0.508 e. The maximum atomic E-state index is 13.8. The van der Waals surface area contributed by atoms with Crippen molar-refractivity contribution < 1.29 is 29.0 Å². The van der Waals surface area contributed by atoms with Crippen LogP contribution < -0.4 is 4.90 Å². The molecule has 7 heteroatoms. The van der Waals surface area contributed by atoms with Crippen LogP contribution in [0.25, 0.3) is 21.9 Å². The monoisotopic (exact) mass is 555 g/mol. The Balaban J connectivity index is 1.47. The second-order valence-electron chi connectivity index (χ2n) is 11.7. The first-order valence-electron chi connectivity index (χ1n) is 14.5. The van der Waals surface area contributed by atoms with Crippen LogP contribution in [-0.2, 0) is 11.2 Å². The van der Waals surface area contributed by atoms with E-state index in [2.05, 4.69) is 6.92 Å². The number of aromatic carboxylic acids is 1. The van der Waals surface area contributed by atoms with Crippen molar-refractivity contribution in [2.75, 3.05) is 4.90 Å². The molecule has 2 N–H and O–H groups in total. The molecule has 0 bridgehead atoms. The maximum Gasteiger partial charge on any atom is 0.337 e. The number of anilines is 1. The number of hydrogen-bond acceptors (Lipinski definition) is 5. The number of aromatic hydroxyl groups is 1. The van der Waals surface area contributed by atoms with Crippen LogP contribution in [-0.4, -0.2) is 33.9 Å². The van der Waals surface area contributed by atoms with Crippen molar-refractivity contribution in [1.82, 2.24) is 0 Å². The number of fused-ring (bicyclic) bond motifs is 3. The molecule has 0 aliphatic heterocycles. The van der Waals surface area contributed by atoms with Crippen molar-refractivity contribution in [1.29, 1.82) is 0 Å². The van der Waals surface area contributed by atoms with Crippen LogP contribution in [0.2, 0.25) is 0 Å². The summed E-state index contributed by atoms with van der Waals surface area (Å²) in [6, 6.07) is 15.3. The Bertz CT molecular complexity index is 1610. The van der Waals surface area contributed by atoms with Crippen LogP contribution in [0.3, 0.4) is 0 Å². The number of benzene rings is 3. The first-order chi connectivity index (χ1) is 19.6. The fourth-order valence-corrected chi connectivity index (χ4v) is 6.02. The second-order valence-corrected chi connectivity index (χ2v) is 11.7. The lowest BCUT2D eigenvalue weighted by molar-refractivity contribution is -0.123. The molecule has 7 nitrogen and oxygen atoms in total. The zero-order valence-electron chi connectivity index (χ0n) is 23.9. The summed E-state index contributed by atoms with van der Waals surface area (Å²) in [6.45, 7) is 6.01. The highest BCUT2D eigenvalue weighted by molar-refractivity contribution is 6.13. The fourth-order valence-electron chi connectivity index (χ4n) is 6.02. The molecule has 5 rings (SSSR count). The summed E-state index contributed by atoms with van der Waals surface area (Å²) < 4.78 is 6.01. The van der Waals surface area contributed by atoms with Crippen molar-refractivity contribution in [2.24, 2.45) is 11.8 Å². The van der Waals surface area contributed by atoms with Crippen LogP contribution >= 0.6 is 0 Å². The molecule has 1 aliphatic rings. The summed E-state index contributed by atoms with van der Waals surface area (Å²) in [6.07, 6.45) is 5.26. The van der Waals surface area contributed by atoms with E-state index < -0.39 is 5.97 Å². The van der Waals surface area contributed by atoms with E-state index in [0.717, 1.165) is 31.2 Å². The number of carboxylic acid groups (broad SMARTS) is 1. The number of hydrogen-bond donors (Lipinski definition) is 2. The molecular formula is C34H37NO6. The van der Waals surface area contributed by atoms with Gasteiger partial charge in [0, 0.05) is 34.7 Å². The first-order valence-corrected chi connectivity index (χ1v) is 14.5. The van der Waals surface area contributed by atoms with Crippen molar-refractivity contribution in [3.05, 3.63) is 71.3 Å². The summed E-state index contributed by atoms with van der Waals surface area (Å²) in [7, 11) is 0. The van der Waals surface area contributed by atoms with Gasteiger partial charge in [-0.1, -0.05) is 19.1 Å². The van der Waals surface area contributed by atoms with Crippen LogP contribution in [0.15, 0.2) is 59.0 Å². The van der Waals surface area contributed by atoms with E-state index in [1.54, 1.807) is 47.4 Å². The lowest BCUT2D eigenvalue weighted by Gasteiger charge is -2.34. The molecule has 214 valence electrons. The van der Waals surface area contributed by atoms with Gasteiger partial charge in [-0.2, -0.15) is 0 Å². The smallest absolute Gasteiger partial charge is 0.337 e. The number of Topliss-reactive ketones (excluding diaryl/α,β-unsaturated/α-hetero) is 1. The number of rotatable bonds is 9. The quantitative estimate of drug-likeness (QED) is 0.204. The van der Waals surface area contributed by atoms with Gasteiger partial charge in [-0.3, -0.25) is 9.59 Å². The van der Waals surface area contributed by atoms with Crippen LogP contribution in [0.5, 0.6) is 5.75 Å². The number of furan rings is 1. The van der Waals surface area contributed by atoms with E-state index in [-0.39, 0.29) is 35.0 Å². The van der Waals surface area contributed by atoms with Gasteiger partial charge in [-0.05, 0) is 106 Å². The number of amides is 1. The summed E-state index contributed by atoms with van der Waals surface area (Å²) >= 11 is 0. The molecule has 4 aromatic rings. The molecule has 0 unspecified atom stereocenters. The number of carbonyl (C=O) groups is 3. The molecule has 0 spiro atoms. The third-order valence-electron chi connectivity index (χ3n) is 8.30. The molecule has 1 saturated carbocycles. The zero-order chi connectivity index (χ0) is 29.3. The standard InChI is InChI=1S/C34H37NO6/c1-20(2)35(33(38)23-12-10-21(3)11-13-23)29-18-27-26-17-24(14-15-31(26)41-32(27)19-28(29)34(39)40)30(37)9-5-7-22-6-4-8-25(36)16-22/h4,6,8,14-21,23,36H,5,7,9-13H2,1-3H3,(H,39,40). The van der Waals surface area contributed by atoms with Gasteiger partial charge in [0.1, 0.15) is 16.9 Å². The SMILES string of the molecule is CC1CCC(C(=O)N(c2cc3c(cc2C(=O)O)oc2ccc(C(=O)CCCc4cccc(O)c4)cc23)C(C)C)CC1. The van der Waals surface area contributed by atoms with Crippen molar-refractivity contribution in [2.45, 2.75) is 71.8 Å². The molecule has 0 radical (unpaired) electrons. The highest BCUT2D eigenvalue weighted by atomic mass is 16.4. The summed E-state index contributed by atoms with van der Waals surface area (Å²) in [5.41, 5.74) is 2.85. The lowest BCUT2D eigenvalue weighted by atomic mass is 9.82. The molecule has 1 aromatic heterocycles. The summed E-state index contributed by atoms with van der Waals surface area (Å²) in [5.74, 6) is -0.490. The minimum atomic E-state index is -1.12. The molecule has 1 aliphatic carbocycles. The number of carbonyl (C=O) groups excluding carboxylic acids is 2. The Morgan fingerprint density at radius 3 is 2.37 bits per heavy atom. The van der Waals surface area contributed by atoms with Crippen molar-refractivity contribution >= 4 is 45.3 Å². The van der Waals surface area contributed by atoms with Crippen LogP contribution in [0, 0.1) is 11.8 Å². The van der Waals surface area contributed by atoms with Crippen LogP contribution in [0.1, 0.15) is 85.6 Å². The molecule has 1 amide bonds. The number of phenolic OH excluding ortho intramolecular Hbond substituents is 1. The molecule has 3 aromatic carbocycles. The van der Waals surface area contributed by atoms with Gasteiger partial charge in [-0.15, -0.1) is 0 Å². The predicted octanol–water partition coefficient (Wildman–Crippen LogP) is 7.76. The van der Waals surface area contributed by atoms with E-state index >= 15 is 0 Å². The molecule has 0 atom stereocenters. The lowest BCUT2D eigenvalue weighted by Crippen LogP contribution is -2.42. The number of nitrogens with zero attached hydrogens (tertiary/aromatic N) is 1. The highest BCUT2D eigenvalue weighted by Gasteiger charge is 2.33. The van der Waals surface area contributed by atoms with Gasteiger partial charge in [0.15, 0.2) is 5.78 Å². The van der Waals surface area contributed by atoms with Gasteiger partial charge < -0.3 is 19.5 Å². The number of carboxylic acids is 1. The van der Waals surface area contributed by atoms with E-state index in [1.165, 1.54) is 6.07 Å². The number of ketones is 1. The third kappa shape index (κ3) is 5.99. The number of phenols is 1. The van der Waals surface area contributed by atoms with E-state index in [1.807, 2.05) is 19.9 Å². The summed E-state index contributed by atoms with van der Waals surface area (Å²) in [5, 5.41) is 21.2. The van der Waals surface area contributed by atoms with Gasteiger partial charge in [0.05, 0.1) is 11.3 Å². The average Bonchev–Trinajstić information content (AvgIpc) is 3.29. The Morgan fingerprint density at radius 2 is 1.68 bits per heavy atom. The second kappa shape index (κ2) is 11.8. The van der Waals surface area contributed by atoms with E-state index in [4.69, 9.17) is 4.42 Å².